The fourth-order valence-electron chi connectivity index (χ4n) is 1.72. The first-order valence-corrected chi connectivity index (χ1v) is 6.19. The summed E-state index contributed by atoms with van der Waals surface area (Å²) in [6.45, 7) is 3.06. The Hall–Kier alpha value is -1.71. The third kappa shape index (κ3) is 3.66. The highest BCUT2D eigenvalue weighted by atomic mass is 15.6. The normalized spacial score (nSPS) is 10.6. The quantitative estimate of drug-likeness (QED) is 0.716. The smallest absolute Gasteiger partial charge is 0.164 e. The highest BCUT2D eigenvalue weighted by molar-refractivity contribution is 5.17. The Morgan fingerprint density at radius 3 is 2.71 bits per heavy atom. The van der Waals surface area contributed by atoms with Crippen molar-refractivity contribution in [3.63, 3.8) is 0 Å². The average Bonchev–Trinajstić information content (AvgIpc) is 2.79. The fraction of sp³-hybridized carbons (Fsp3) is 0.462. The molecule has 2 aromatic rings. The van der Waals surface area contributed by atoms with Gasteiger partial charge in [0.2, 0.25) is 0 Å². The second-order valence-electron chi connectivity index (χ2n) is 4.17. The number of tetrazole rings is 1. The first-order chi connectivity index (χ1) is 8.38. The second-order valence-corrected chi connectivity index (χ2v) is 4.17. The molecule has 17 heavy (non-hydrogen) atoms. The van der Waals surface area contributed by atoms with Crippen molar-refractivity contribution < 1.29 is 0 Å². The molecule has 0 amide bonds. The van der Waals surface area contributed by atoms with Gasteiger partial charge < -0.3 is 0 Å². The highest BCUT2D eigenvalue weighted by Gasteiger charge is 2.03. The molecule has 0 fully saturated rings. The van der Waals surface area contributed by atoms with E-state index in [1.165, 1.54) is 18.4 Å². The Bertz CT molecular complexity index is 436. The van der Waals surface area contributed by atoms with E-state index < -0.39 is 0 Å². The van der Waals surface area contributed by atoms with Crippen LogP contribution in [-0.4, -0.2) is 20.2 Å². The topological polar surface area (TPSA) is 43.6 Å². The molecule has 0 saturated carbocycles. The number of rotatable bonds is 6. The van der Waals surface area contributed by atoms with Gasteiger partial charge in [-0.2, -0.15) is 4.80 Å². The molecule has 90 valence electrons. The van der Waals surface area contributed by atoms with Crippen LogP contribution >= 0.6 is 0 Å². The maximum Gasteiger partial charge on any atom is 0.179 e. The molecule has 0 unspecified atom stereocenters. The lowest BCUT2D eigenvalue weighted by Crippen LogP contribution is -2.02. The molecule has 1 aromatic heterocycles. The first-order valence-electron chi connectivity index (χ1n) is 6.19. The van der Waals surface area contributed by atoms with Crippen molar-refractivity contribution in [2.24, 2.45) is 0 Å². The molecule has 1 aromatic carbocycles. The minimum atomic E-state index is 0.759. The van der Waals surface area contributed by atoms with Gasteiger partial charge in [0.15, 0.2) is 5.82 Å². The van der Waals surface area contributed by atoms with Crippen LogP contribution in [0.1, 0.15) is 37.6 Å². The minimum absolute atomic E-state index is 0.759. The zero-order chi connectivity index (χ0) is 11.9. The van der Waals surface area contributed by atoms with Crippen LogP contribution in [0.5, 0.6) is 0 Å². The van der Waals surface area contributed by atoms with Gasteiger partial charge >= 0.3 is 0 Å². The van der Waals surface area contributed by atoms with Crippen LogP contribution in [0.15, 0.2) is 30.3 Å². The van der Waals surface area contributed by atoms with E-state index in [4.69, 9.17) is 0 Å². The summed E-state index contributed by atoms with van der Waals surface area (Å²) in [5, 5.41) is 12.5. The zero-order valence-electron chi connectivity index (χ0n) is 10.2. The summed E-state index contributed by atoms with van der Waals surface area (Å²) in [5.74, 6) is 0.799. The van der Waals surface area contributed by atoms with Gasteiger partial charge in [0, 0.05) is 6.42 Å². The molecule has 0 radical (unpaired) electrons. The molecule has 0 aliphatic rings. The fourth-order valence-corrected chi connectivity index (χ4v) is 1.72. The molecule has 0 aliphatic carbocycles. The Kier molecular flexibility index (Phi) is 4.24. The molecular weight excluding hydrogens is 212 g/mol. The molecule has 1 heterocycles. The molecule has 0 aliphatic heterocycles. The summed E-state index contributed by atoms with van der Waals surface area (Å²) >= 11 is 0. The van der Waals surface area contributed by atoms with Crippen molar-refractivity contribution in [3.05, 3.63) is 41.7 Å². The number of hydrogen-bond donors (Lipinski definition) is 0. The van der Waals surface area contributed by atoms with E-state index >= 15 is 0 Å². The Morgan fingerprint density at radius 1 is 1.12 bits per heavy atom. The maximum atomic E-state index is 4.37. The predicted octanol–water partition coefficient (Wildman–Crippen LogP) is 2.45. The van der Waals surface area contributed by atoms with Crippen molar-refractivity contribution in [1.29, 1.82) is 0 Å². The molecule has 2 rings (SSSR count). The van der Waals surface area contributed by atoms with Gasteiger partial charge in [0.1, 0.15) is 0 Å². The molecule has 4 heteroatoms. The van der Waals surface area contributed by atoms with Crippen molar-refractivity contribution >= 4 is 0 Å². The summed E-state index contributed by atoms with van der Waals surface area (Å²) in [7, 11) is 0. The van der Waals surface area contributed by atoms with Crippen molar-refractivity contribution in [3.8, 4) is 0 Å². The number of aromatic nitrogens is 4. The largest absolute Gasteiger partial charge is 0.179 e. The summed E-state index contributed by atoms with van der Waals surface area (Å²) in [6.07, 6.45) is 4.31. The standard InChI is InChI=1S/C13H18N4/c1-2-3-7-10-17-15-13(14-16-17)11-12-8-5-4-6-9-12/h4-6,8-9H,2-3,7,10-11H2,1H3. The number of unbranched alkanes of at least 4 members (excludes halogenated alkanes) is 2. The SMILES string of the molecule is CCCCCn1nnc(Cc2ccccc2)n1. The van der Waals surface area contributed by atoms with Crippen LogP contribution in [0.4, 0.5) is 0 Å². The molecular formula is C13H18N4. The van der Waals surface area contributed by atoms with E-state index in [2.05, 4.69) is 34.5 Å². The van der Waals surface area contributed by atoms with Gasteiger partial charge in [-0.05, 0) is 17.2 Å². The van der Waals surface area contributed by atoms with E-state index in [0.717, 1.165) is 25.2 Å². The van der Waals surface area contributed by atoms with Crippen molar-refractivity contribution in [2.45, 2.75) is 39.2 Å². The number of hydrogen-bond acceptors (Lipinski definition) is 3. The molecule has 0 atom stereocenters. The molecule has 0 N–H and O–H groups in total. The summed E-state index contributed by atoms with van der Waals surface area (Å²) in [5.41, 5.74) is 1.22. The lowest BCUT2D eigenvalue weighted by atomic mass is 10.1. The molecule has 0 spiro atoms. The summed E-state index contributed by atoms with van der Waals surface area (Å²) < 4.78 is 0. The van der Waals surface area contributed by atoms with Crippen LogP contribution in [-0.2, 0) is 13.0 Å². The van der Waals surface area contributed by atoms with E-state index in [1.807, 2.05) is 18.2 Å². The average molecular weight is 230 g/mol. The zero-order valence-corrected chi connectivity index (χ0v) is 10.2. The minimum Gasteiger partial charge on any atom is -0.164 e. The number of nitrogens with zero attached hydrogens (tertiary/aromatic N) is 4. The number of benzene rings is 1. The molecule has 4 nitrogen and oxygen atoms in total. The van der Waals surface area contributed by atoms with E-state index in [0.29, 0.717) is 0 Å². The lowest BCUT2D eigenvalue weighted by Gasteiger charge is -1.96. The molecule has 0 bridgehead atoms. The third-order valence-electron chi connectivity index (χ3n) is 2.66. The second kappa shape index (κ2) is 6.13. The maximum absolute atomic E-state index is 4.37. The van der Waals surface area contributed by atoms with Gasteiger partial charge in [0.05, 0.1) is 6.54 Å². The van der Waals surface area contributed by atoms with Crippen LogP contribution < -0.4 is 0 Å². The van der Waals surface area contributed by atoms with Crippen LogP contribution in [0.25, 0.3) is 0 Å². The third-order valence-corrected chi connectivity index (χ3v) is 2.66. The van der Waals surface area contributed by atoms with Crippen LogP contribution in [0.3, 0.4) is 0 Å². The van der Waals surface area contributed by atoms with Crippen LogP contribution in [0, 0.1) is 0 Å². The summed E-state index contributed by atoms with van der Waals surface area (Å²) in [6, 6.07) is 10.2. The predicted molar refractivity (Wildman–Crippen MR) is 66.6 cm³/mol. The van der Waals surface area contributed by atoms with Gasteiger partial charge in [-0.25, -0.2) is 0 Å². The van der Waals surface area contributed by atoms with Crippen molar-refractivity contribution in [1.82, 2.24) is 20.2 Å². The van der Waals surface area contributed by atoms with Crippen LogP contribution in [0.2, 0.25) is 0 Å². The van der Waals surface area contributed by atoms with E-state index in [9.17, 15) is 0 Å². The Morgan fingerprint density at radius 2 is 1.94 bits per heavy atom. The lowest BCUT2D eigenvalue weighted by molar-refractivity contribution is 0.484. The monoisotopic (exact) mass is 230 g/mol. The number of aryl methyl sites for hydroxylation is 1. The highest BCUT2D eigenvalue weighted by Crippen LogP contribution is 2.04. The Balaban J connectivity index is 1.90. The molecule has 0 saturated heterocycles. The van der Waals surface area contributed by atoms with Gasteiger partial charge in [-0.3, -0.25) is 0 Å². The van der Waals surface area contributed by atoms with Crippen molar-refractivity contribution in [2.75, 3.05) is 0 Å². The first kappa shape index (κ1) is 11.8. The van der Waals surface area contributed by atoms with E-state index in [-0.39, 0.29) is 0 Å². The Labute approximate surface area is 102 Å². The van der Waals surface area contributed by atoms with Gasteiger partial charge in [-0.15, -0.1) is 10.2 Å². The van der Waals surface area contributed by atoms with Gasteiger partial charge in [-0.1, -0.05) is 50.1 Å². The summed E-state index contributed by atoms with van der Waals surface area (Å²) in [4.78, 5) is 1.70. The van der Waals surface area contributed by atoms with Gasteiger partial charge in [0.25, 0.3) is 0 Å². The van der Waals surface area contributed by atoms with E-state index in [1.54, 1.807) is 4.80 Å².